The van der Waals surface area contributed by atoms with Crippen molar-refractivity contribution in [2.24, 2.45) is 11.5 Å². The fourth-order valence-electron chi connectivity index (χ4n) is 2.69. The first-order valence-corrected chi connectivity index (χ1v) is 8.55. The van der Waals surface area contributed by atoms with E-state index in [1.165, 1.54) is 31.2 Å². The van der Waals surface area contributed by atoms with Crippen LogP contribution >= 0.6 is 12.4 Å². The van der Waals surface area contributed by atoms with E-state index in [4.69, 9.17) is 21.6 Å². The van der Waals surface area contributed by atoms with Crippen molar-refractivity contribution in [1.82, 2.24) is 10.2 Å². The number of halogens is 1. The smallest absolute Gasteiger partial charge is 0.412 e. The zero-order chi connectivity index (χ0) is 21.8. The minimum Gasteiger partial charge on any atom is -0.412 e. The van der Waals surface area contributed by atoms with E-state index in [1.807, 2.05) is 0 Å². The molecule has 0 aromatic heterocycles. The number of amides is 3. The number of ether oxygens (including phenoxy) is 1. The lowest BCUT2D eigenvalue weighted by molar-refractivity contribution is -0.384. The number of nitrogens with one attached hydrogen (secondary N) is 3. The number of hydrogen-bond donors (Lipinski definition) is 5. The van der Waals surface area contributed by atoms with Gasteiger partial charge in [-0.1, -0.05) is 0 Å². The highest BCUT2D eigenvalue weighted by Crippen LogP contribution is 2.36. The quantitative estimate of drug-likeness (QED) is 0.122. The molecular weight excluding hydrogens is 422 g/mol. The third-order valence-electron chi connectivity index (χ3n) is 4.11. The zero-order valence-electron chi connectivity index (χ0n) is 15.9. The number of nitro groups is 1. The van der Waals surface area contributed by atoms with Crippen molar-refractivity contribution in [3.63, 3.8) is 0 Å². The molecule has 7 N–H and O–H groups in total. The van der Waals surface area contributed by atoms with E-state index in [0.29, 0.717) is 4.90 Å². The lowest BCUT2D eigenvalue weighted by atomic mass is 9.99. The van der Waals surface area contributed by atoms with E-state index < -0.39 is 34.6 Å². The average Bonchev–Trinajstić information content (AvgIpc) is 2.63. The number of rotatable bonds is 8. The first-order chi connectivity index (χ1) is 13.6. The SMILES string of the molecule is C[C@H](N)C(=O)N1C(=O)O[C@]1(CCCNC(=N)N)C(=O)Nc1ccc([N+](=O)[O-])cc1.Cl. The van der Waals surface area contributed by atoms with Crippen molar-refractivity contribution in [2.75, 3.05) is 11.9 Å². The van der Waals surface area contributed by atoms with Crippen LogP contribution in [-0.4, -0.2) is 52.0 Å². The highest BCUT2D eigenvalue weighted by Gasteiger charge is 2.62. The van der Waals surface area contributed by atoms with Crippen LogP contribution in [0.1, 0.15) is 19.8 Å². The van der Waals surface area contributed by atoms with Gasteiger partial charge >= 0.3 is 6.09 Å². The van der Waals surface area contributed by atoms with Gasteiger partial charge in [-0.2, -0.15) is 4.90 Å². The second kappa shape index (κ2) is 9.84. The van der Waals surface area contributed by atoms with Crippen molar-refractivity contribution in [3.05, 3.63) is 34.4 Å². The molecule has 30 heavy (non-hydrogen) atoms. The maximum absolute atomic E-state index is 12.9. The maximum atomic E-state index is 12.9. The van der Waals surface area contributed by atoms with Crippen LogP contribution in [-0.2, 0) is 14.3 Å². The molecule has 0 radical (unpaired) electrons. The lowest BCUT2D eigenvalue weighted by Gasteiger charge is -2.48. The third kappa shape index (κ3) is 5.12. The minimum absolute atomic E-state index is 0. The van der Waals surface area contributed by atoms with Crippen LogP contribution in [0.25, 0.3) is 0 Å². The molecule has 1 aromatic carbocycles. The minimum atomic E-state index is -1.93. The Morgan fingerprint density at radius 3 is 2.43 bits per heavy atom. The average molecular weight is 444 g/mol. The summed E-state index contributed by atoms with van der Waals surface area (Å²) in [6, 6.07) is 3.94. The Morgan fingerprint density at radius 1 is 1.37 bits per heavy atom. The molecule has 1 fully saturated rings. The molecule has 0 bridgehead atoms. The number of hydrogen-bond acceptors (Lipinski definition) is 8. The summed E-state index contributed by atoms with van der Waals surface area (Å²) in [5.41, 5.74) is 8.88. The number of carbonyl (C=O) groups excluding carboxylic acids is 3. The highest BCUT2D eigenvalue weighted by molar-refractivity contribution is 6.10. The number of nitrogens with two attached hydrogens (primary N) is 2. The number of guanidine groups is 1. The Labute approximate surface area is 177 Å². The number of non-ortho nitro benzene ring substituents is 1. The van der Waals surface area contributed by atoms with Gasteiger partial charge in [0, 0.05) is 30.8 Å². The summed E-state index contributed by atoms with van der Waals surface area (Å²) in [5.74, 6) is -1.88. The Hall–Kier alpha value is -3.45. The number of nitro benzene ring substituents is 1. The summed E-state index contributed by atoms with van der Waals surface area (Å²) in [6.45, 7) is 1.56. The Balaban J connectivity index is 0.00000450. The zero-order valence-corrected chi connectivity index (χ0v) is 16.7. The van der Waals surface area contributed by atoms with Crippen LogP contribution in [0.3, 0.4) is 0 Å². The normalized spacial score (nSPS) is 18.2. The van der Waals surface area contributed by atoms with Crippen molar-refractivity contribution in [3.8, 4) is 0 Å². The molecular formula is C16H22ClN7O6. The van der Waals surface area contributed by atoms with Gasteiger partial charge in [-0.25, -0.2) is 4.79 Å². The van der Waals surface area contributed by atoms with Crippen LogP contribution in [0.15, 0.2) is 24.3 Å². The molecule has 0 aliphatic carbocycles. The van der Waals surface area contributed by atoms with Gasteiger partial charge in [0.25, 0.3) is 23.2 Å². The van der Waals surface area contributed by atoms with Crippen molar-refractivity contribution in [1.29, 1.82) is 5.41 Å². The van der Waals surface area contributed by atoms with Crippen molar-refractivity contribution >= 4 is 47.6 Å². The largest absolute Gasteiger partial charge is 0.422 e. The fraction of sp³-hybridized carbons (Fsp3) is 0.375. The third-order valence-corrected chi connectivity index (χ3v) is 4.11. The Morgan fingerprint density at radius 2 is 1.97 bits per heavy atom. The van der Waals surface area contributed by atoms with Crippen LogP contribution in [0.4, 0.5) is 16.2 Å². The molecule has 1 aromatic rings. The van der Waals surface area contributed by atoms with Gasteiger partial charge in [0.15, 0.2) is 5.96 Å². The van der Waals surface area contributed by atoms with Gasteiger partial charge < -0.3 is 26.8 Å². The van der Waals surface area contributed by atoms with E-state index in [1.54, 1.807) is 0 Å². The molecule has 3 amide bonds. The van der Waals surface area contributed by atoms with Crippen molar-refractivity contribution < 1.29 is 24.0 Å². The lowest BCUT2D eigenvalue weighted by Crippen LogP contribution is -2.74. The molecule has 0 saturated carbocycles. The monoisotopic (exact) mass is 443 g/mol. The summed E-state index contributed by atoms with van der Waals surface area (Å²) in [7, 11) is 0. The van der Waals surface area contributed by atoms with Crippen LogP contribution in [0.2, 0.25) is 0 Å². The fourth-order valence-corrected chi connectivity index (χ4v) is 2.69. The summed E-state index contributed by atoms with van der Waals surface area (Å²) in [5, 5.41) is 22.9. The molecule has 0 unspecified atom stereocenters. The first-order valence-electron chi connectivity index (χ1n) is 8.55. The van der Waals surface area contributed by atoms with Gasteiger partial charge in [-0.15, -0.1) is 12.4 Å². The molecule has 1 aliphatic heterocycles. The summed E-state index contributed by atoms with van der Waals surface area (Å²) in [6.07, 6.45) is -0.870. The summed E-state index contributed by atoms with van der Waals surface area (Å²) < 4.78 is 5.09. The molecule has 1 heterocycles. The second-order valence-corrected chi connectivity index (χ2v) is 6.32. The molecule has 1 aliphatic rings. The number of cyclic esters (lactones) is 1. The number of imide groups is 1. The molecule has 164 valence electrons. The summed E-state index contributed by atoms with van der Waals surface area (Å²) in [4.78, 5) is 48.0. The maximum Gasteiger partial charge on any atom is 0.422 e. The van der Waals surface area contributed by atoms with Gasteiger partial charge in [-0.05, 0) is 25.5 Å². The van der Waals surface area contributed by atoms with E-state index in [-0.39, 0.29) is 49.1 Å². The van der Waals surface area contributed by atoms with E-state index in [2.05, 4.69) is 10.6 Å². The highest BCUT2D eigenvalue weighted by atomic mass is 35.5. The topological polar surface area (TPSA) is 207 Å². The van der Waals surface area contributed by atoms with Gasteiger partial charge in [0.2, 0.25) is 0 Å². The predicted octanol–water partition coefficient (Wildman–Crippen LogP) is 0.241. The number of nitrogens with zero attached hydrogens (tertiary/aromatic N) is 2. The van der Waals surface area contributed by atoms with Gasteiger partial charge in [-0.3, -0.25) is 25.1 Å². The first kappa shape index (κ1) is 24.6. The van der Waals surface area contributed by atoms with Crippen LogP contribution in [0, 0.1) is 15.5 Å². The Bertz CT molecular complexity index is 847. The summed E-state index contributed by atoms with van der Waals surface area (Å²) >= 11 is 0. The van der Waals surface area contributed by atoms with Crippen molar-refractivity contribution in [2.45, 2.75) is 31.5 Å². The second-order valence-electron chi connectivity index (χ2n) is 6.32. The number of carbonyl (C=O) groups is 3. The number of benzene rings is 1. The Kier molecular flexibility index (Phi) is 8.07. The predicted molar refractivity (Wildman–Crippen MR) is 108 cm³/mol. The van der Waals surface area contributed by atoms with Gasteiger partial charge in [0.1, 0.15) is 0 Å². The van der Waals surface area contributed by atoms with E-state index in [9.17, 15) is 24.5 Å². The standard InChI is InChI=1S/C16H21N7O6.ClH/c1-9(17)12(24)22-15(26)29-16(22,7-2-8-20-14(18)19)13(25)21-10-3-5-11(6-4-10)23(27)28;/h3-6,9H,2,7-8,17H2,1H3,(H,21,25)(H4,18,19,20);1H/t9-,16+;/m0./s1. The molecule has 14 heteroatoms. The van der Waals surface area contributed by atoms with Crippen LogP contribution in [0.5, 0.6) is 0 Å². The van der Waals surface area contributed by atoms with E-state index in [0.717, 1.165) is 0 Å². The molecule has 1 saturated heterocycles. The van der Waals surface area contributed by atoms with Gasteiger partial charge in [0.05, 0.1) is 11.0 Å². The molecule has 0 spiro atoms. The molecule has 2 atom stereocenters. The molecule has 2 rings (SSSR count). The molecule has 13 nitrogen and oxygen atoms in total. The number of anilines is 1. The van der Waals surface area contributed by atoms with E-state index >= 15 is 0 Å². The van der Waals surface area contributed by atoms with Crippen LogP contribution < -0.4 is 22.1 Å².